The Kier molecular flexibility index (Phi) is 6.00. The highest BCUT2D eigenvalue weighted by Crippen LogP contribution is 2.26. The third kappa shape index (κ3) is 4.23. The zero-order valence-electron chi connectivity index (χ0n) is 18.0. The number of rotatable bonds is 7. The molecule has 0 aliphatic carbocycles. The second-order valence-electron chi connectivity index (χ2n) is 7.21. The van der Waals surface area contributed by atoms with Gasteiger partial charge in [0, 0.05) is 26.3 Å². The largest absolute Gasteiger partial charge is 0.497 e. The molecule has 0 radical (unpaired) electrons. The Morgan fingerprint density at radius 3 is 2.59 bits per heavy atom. The highest BCUT2D eigenvalue weighted by Gasteiger charge is 2.18. The summed E-state index contributed by atoms with van der Waals surface area (Å²) in [6, 6.07) is 13.1. The molecule has 0 saturated heterocycles. The maximum atomic E-state index is 13.1. The summed E-state index contributed by atoms with van der Waals surface area (Å²) >= 11 is 0. The van der Waals surface area contributed by atoms with Crippen LogP contribution in [0, 0.1) is 0 Å². The average molecular weight is 433 g/mol. The van der Waals surface area contributed by atoms with Crippen LogP contribution in [0.25, 0.3) is 27.7 Å². The summed E-state index contributed by atoms with van der Waals surface area (Å²) in [4.78, 5) is 25.8. The monoisotopic (exact) mass is 433 g/mol. The minimum atomic E-state index is -0.526. The van der Waals surface area contributed by atoms with E-state index in [0.717, 1.165) is 22.1 Å². The Morgan fingerprint density at radius 2 is 1.88 bits per heavy atom. The van der Waals surface area contributed by atoms with Gasteiger partial charge in [-0.3, -0.25) is 14.3 Å². The Hall–Kier alpha value is -3.98. The van der Waals surface area contributed by atoms with Gasteiger partial charge in [0.2, 0.25) is 0 Å². The molecule has 4 rings (SSSR count). The summed E-state index contributed by atoms with van der Waals surface area (Å²) in [6.45, 7) is 0.631. The van der Waals surface area contributed by atoms with Gasteiger partial charge in [0.05, 0.1) is 31.8 Å². The molecule has 0 bridgehead atoms. The maximum absolute atomic E-state index is 13.1. The van der Waals surface area contributed by atoms with Crippen molar-refractivity contribution in [3.8, 4) is 22.7 Å². The first-order valence-corrected chi connectivity index (χ1v) is 9.99. The summed E-state index contributed by atoms with van der Waals surface area (Å²) < 4.78 is 13.0. The van der Waals surface area contributed by atoms with Gasteiger partial charge >= 0.3 is 0 Å². The van der Waals surface area contributed by atoms with Crippen molar-refractivity contribution in [2.24, 2.45) is 7.05 Å². The fraction of sp³-hybridized carbons (Fsp3) is 0.217. The SMILES string of the molecule is COCCNC(=O)c1cc(-c2ccc3cc(OC)ccc3c2)nn(-c2cnn(C)c2)c1=O. The molecule has 164 valence electrons. The topological polar surface area (TPSA) is 100 Å². The van der Waals surface area contributed by atoms with Gasteiger partial charge < -0.3 is 14.8 Å². The molecule has 2 aromatic heterocycles. The Labute approximate surface area is 184 Å². The number of aryl methyl sites for hydroxylation is 1. The zero-order chi connectivity index (χ0) is 22.7. The molecule has 0 spiro atoms. The minimum absolute atomic E-state index is 0.00946. The molecule has 32 heavy (non-hydrogen) atoms. The van der Waals surface area contributed by atoms with Crippen molar-refractivity contribution in [2.45, 2.75) is 0 Å². The number of hydrogen-bond acceptors (Lipinski definition) is 6. The van der Waals surface area contributed by atoms with Crippen LogP contribution >= 0.6 is 0 Å². The standard InChI is InChI=1S/C23H23N5O4/c1-27-14-18(13-25-27)28-23(30)20(22(29)24-8-9-31-2)12-21(26-28)17-5-4-16-11-19(32-3)7-6-15(16)10-17/h4-7,10-14H,8-9H2,1-3H3,(H,24,29). The molecule has 2 aromatic carbocycles. The summed E-state index contributed by atoms with van der Waals surface area (Å²) in [5, 5.41) is 13.3. The Morgan fingerprint density at radius 1 is 1.09 bits per heavy atom. The number of amides is 1. The van der Waals surface area contributed by atoms with E-state index >= 15 is 0 Å². The number of carbonyl (C=O) groups excluding carboxylic acids is 1. The van der Waals surface area contributed by atoms with E-state index in [0.29, 0.717) is 18.0 Å². The molecule has 2 heterocycles. The number of aromatic nitrogens is 4. The summed E-state index contributed by atoms with van der Waals surface area (Å²) in [5.74, 6) is 0.280. The van der Waals surface area contributed by atoms with Crippen molar-refractivity contribution < 1.29 is 14.3 Å². The lowest BCUT2D eigenvalue weighted by molar-refractivity contribution is 0.0935. The van der Waals surface area contributed by atoms with Crippen LogP contribution in [0.5, 0.6) is 5.75 Å². The van der Waals surface area contributed by atoms with Crippen LogP contribution in [0.3, 0.4) is 0 Å². The Bertz CT molecular complexity index is 1340. The molecule has 0 aliphatic rings. The molecule has 9 nitrogen and oxygen atoms in total. The first kappa shape index (κ1) is 21.3. The number of nitrogens with zero attached hydrogens (tertiary/aromatic N) is 4. The predicted molar refractivity (Wildman–Crippen MR) is 120 cm³/mol. The summed E-state index contributed by atoms with van der Waals surface area (Å²) in [6.07, 6.45) is 3.19. The van der Waals surface area contributed by atoms with Crippen LogP contribution in [0.2, 0.25) is 0 Å². The molecule has 0 unspecified atom stereocenters. The number of carbonyl (C=O) groups is 1. The second kappa shape index (κ2) is 9.03. The molecule has 0 saturated carbocycles. The fourth-order valence-corrected chi connectivity index (χ4v) is 3.36. The van der Waals surface area contributed by atoms with Crippen LogP contribution in [-0.4, -0.2) is 52.8 Å². The molecule has 1 amide bonds. The first-order chi connectivity index (χ1) is 15.5. The van der Waals surface area contributed by atoms with Gasteiger partial charge in [-0.2, -0.15) is 14.9 Å². The highest BCUT2D eigenvalue weighted by molar-refractivity contribution is 5.95. The summed E-state index contributed by atoms with van der Waals surface area (Å²) in [5.41, 5.74) is 1.19. The molecule has 0 atom stereocenters. The molecule has 1 N–H and O–H groups in total. The quantitative estimate of drug-likeness (QED) is 0.449. The average Bonchev–Trinajstić information content (AvgIpc) is 3.24. The number of methoxy groups -OCH3 is 2. The number of hydrogen-bond donors (Lipinski definition) is 1. The second-order valence-corrected chi connectivity index (χ2v) is 7.21. The summed E-state index contributed by atoms with van der Waals surface area (Å²) in [7, 11) is 4.91. The third-order valence-electron chi connectivity index (χ3n) is 5.03. The maximum Gasteiger partial charge on any atom is 0.284 e. The Balaban J connectivity index is 1.84. The van der Waals surface area contributed by atoms with E-state index in [-0.39, 0.29) is 12.1 Å². The van der Waals surface area contributed by atoms with Crippen LogP contribution in [-0.2, 0) is 11.8 Å². The van der Waals surface area contributed by atoms with Crippen molar-refractivity contribution in [1.82, 2.24) is 24.9 Å². The molecule has 0 aliphatic heterocycles. The van der Waals surface area contributed by atoms with E-state index in [1.54, 1.807) is 32.1 Å². The van der Waals surface area contributed by atoms with Gasteiger partial charge in [0.25, 0.3) is 11.5 Å². The van der Waals surface area contributed by atoms with Crippen molar-refractivity contribution in [2.75, 3.05) is 27.4 Å². The third-order valence-corrected chi connectivity index (χ3v) is 5.03. The van der Waals surface area contributed by atoms with Crippen LogP contribution < -0.4 is 15.6 Å². The van der Waals surface area contributed by atoms with Crippen LogP contribution in [0.4, 0.5) is 0 Å². The van der Waals surface area contributed by atoms with Crippen LogP contribution in [0.1, 0.15) is 10.4 Å². The lowest BCUT2D eigenvalue weighted by atomic mass is 10.0. The van der Waals surface area contributed by atoms with Gasteiger partial charge in [0.1, 0.15) is 17.0 Å². The van der Waals surface area contributed by atoms with Crippen LogP contribution in [0.15, 0.2) is 59.7 Å². The van der Waals surface area contributed by atoms with E-state index < -0.39 is 11.5 Å². The number of fused-ring (bicyclic) bond motifs is 1. The zero-order valence-corrected chi connectivity index (χ0v) is 18.0. The predicted octanol–water partition coefficient (Wildman–Crippen LogP) is 2.17. The normalized spacial score (nSPS) is 11.0. The van der Waals surface area contributed by atoms with Crippen molar-refractivity contribution in [3.63, 3.8) is 0 Å². The highest BCUT2D eigenvalue weighted by atomic mass is 16.5. The van der Waals surface area contributed by atoms with Gasteiger partial charge in [-0.05, 0) is 35.0 Å². The molecule has 9 heteroatoms. The first-order valence-electron chi connectivity index (χ1n) is 9.99. The molecule has 0 fully saturated rings. The number of ether oxygens (including phenoxy) is 2. The lowest BCUT2D eigenvalue weighted by Crippen LogP contribution is -2.35. The van der Waals surface area contributed by atoms with Gasteiger partial charge in [0.15, 0.2) is 0 Å². The van der Waals surface area contributed by atoms with E-state index in [1.807, 2.05) is 36.4 Å². The van der Waals surface area contributed by atoms with Crippen molar-refractivity contribution >= 4 is 16.7 Å². The molecular formula is C23H23N5O4. The fourth-order valence-electron chi connectivity index (χ4n) is 3.36. The lowest BCUT2D eigenvalue weighted by Gasteiger charge is -2.11. The van der Waals surface area contributed by atoms with Gasteiger partial charge in [-0.25, -0.2) is 0 Å². The number of nitrogens with one attached hydrogen (secondary N) is 1. The minimum Gasteiger partial charge on any atom is -0.497 e. The van der Waals surface area contributed by atoms with E-state index in [4.69, 9.17) is 9.47 Å². The number of benzene rings is 2. The van der Waals surface area contributed by atoms with E-state index in [1.165, 1.54) is 16.9 Å². The smallest absolute Gasteiger partial charge is 0.284 e. The van der Waals surface area contributed by atoms with E-state index in [2.05, 4.69) is 15.5 Å². The van der Waals surface area contributed by atoms with Crippen molar-refractivity contribution in [1.29, 1.82) is 0 Å². The molecule has 4 aromatic rings. The van der Waals surface area contributed by atoms with Crippen molar-refractivity contribution in [3.05, 3.63) is 70.8 Å². The van der Waals surface area contributed by atoms with Gasteiger partial charge in [-0.1, -0.05) is 18.2 Å². The molecular weight excluding hydrogens is 410 g/mol. The van der Waals surface area contributed by atoms with E-state index in [9.17, 15) is 9.59 Å². The van der Waals surface area contributed by atoms with Gasteiger partial charge in [-0.15, -0.1) is 0 Å².